The Hall–Kier alpha value is -0.0800. The summed E-state index contributed by atoms with van der Waals surface area (Å²) in [5.74, 6) is 0.843. The molecule has 0 aromatic heterocycles. The summed E-state index contributed by atoms with van der Waals surface area (Å²) < 4.78 is 0. The van der Waals surface area contributed by atoms with Gasteiger partial charge in [-0.3, -0.25) is 0 Å². The number of rotatable bonds is 0. The second kappa shape index (κ2) is 1.70. The number of hydrogen-bond acceptors (Lipinski definition) is 2. The molecule has 52 valence electrons. The third-order valence-corrected chi connectivity index (χ3v) is 2.74. The van der Waals surface area contributed by atoms with Crippen LogP contribution in [-0.4, -0.2) is 22.4 Å². The fourth-order valence-corrected chi connectivity index (χ4v) is 2.28. The smallest absolute Gasteiger partial charge is 0.0595 e. The van der Waals surface area contributed by atoms with Gasteiger partial charge in [-0.05, 0) is 25.2 Å². The lowest BCUT2D eigenvalue weighted by Gasteiger charge is -2.20. The molecule has 2 unspecified atom stereocenters. The van der Waals surface area contributed by atoms with E-state index in [9.17, 15) is 10.2 Å². The first kappa shape index (κ1) is 5.69. The van der Waals surface area contributed by atoms with Crippen molar-refractivity contribution >= 4 is 0 Å². The molecule has 0 saturated heterocycles. The molecule has 0 aromatic carbocycles. The second-order valence-corrected chi connectivity index (χ2v) is 3.37. The Morgan fingerprint density at radius 2 is 1.44 bits per heavy atom. The predicted octanol–water partition coefficient (Wildman–Crippen LogP) is 0.138. The number of aliphatic hydroxyl groups is 2. The molecule has 0 aliphatic heterocycles. The summed E-state index contributed by atoms with van der Waals surface area (Å²) >= 11 is 0. The van der Waals surface area contributed by atoms with Gasteiger partial charge in [-0.25, -0.2) is 0 Å². The Kier molecular flexibility index (Phi) is 1.08. The fourth-order valence-electron chi connectivity index (χ4n) is 2.28. The van der Waals surface area contributed by atoms with Crippen molar-refractivity contribution in [2.45, 2.75) is 31.5 Å². The molecule has 0 spiro atoms. The van der Waals surface area contributed by atoms with Gasteiger partial charge in [0, 0.05) is 5.92 Å². The minimum Gasteiger partial charge on any atom is -0.393 e. The highest BCUT2D eigenvalue weighted by molar-refractivity contribution is 4.95. The van der Waals surface area contributed by atoms with Gasteiger partial charge < -0.3 is 10.2 Å². The van der Waals surface area contributed by atoms with Crippen LogP contribution < -0.4 is 0 Å². The molecule has 2 heteroatoms. The van der Waals surface area contributed by atoms with E-state index in [4.69, 9.17) is 0 Å². The Labute approximate surface area is 54.5 Å². The zero-order chi connectivity index (χ0) is 6.43. The molecular weight excluding hydrogens is 116 g/mol. The lowest BCUT2D eigenvalue weighted by Crippen LogP contribution is -2.27. The van der Waals surface area contributed by atoms with Crippen LogP contribution in [0.25, 0.3) is 0 Å². The molecule has 2 N–H and O–H groups in total. The molecule has 0 aromatic rings. The molecule has 2 atom stereocenters. The van der Waals surface area contributed by atoms with Crippen LogP contribution in [-0.2, 0) is 0 Å². The van der Waals surface area contributed by atoms with Gasteiger partial charge in [-0.2, -0.15) is 0 Å². The molecule has 2 bridgehead atoms. The summed E-state index contributed by atoms with van der Waals surface area (Å²) in [6.07, 6.45) is 2.53. The Morgan fingerprint density at radius 1 is 0.889 bits per heavy atom. The molecule has 0 radical (unpaired) electrons. The van der Waals surface area contributed by atoms with Crippen molar-refractivity contribution in [3.8, 4) is 0 Å². The maximum atomic E-state index is 9.23. The van der Waals surface area contributed by atoms with E-state index in [1.54, 1.807) is 0 Å². The Bertz CT molecular complexity index is 112. The van der Waals surface area contributed by atoms with E-state index in [2.05, 4.69) is 0 Å². The van der Waals surface area contributed by atoms with E-state index >= 15 is 0 Å². The van der Waals surface area contributed by atoms with Gasteiger partial charge in [0.15, 0.2) is 0 Å². The van der Waals surface area contributed by atoms with Gasteiger partial charge in [0.05, 0.1) is 12.2 Å². The van der Waals surface area contributed by atoms with Gasteiger partial charge in [0.25, 0.3) is 0 Å². The zero-order valence-electron chi connectivity index (χ0n) is 5.33. The monoisotopic (exact) mass is 128 g/mol. The fraction of sp³-hybridized carbons (Fsp3) is 1.00. The quantitative estimate of drug-likeness (QED) is 0.487. The maximum Gasteiger partial charge on any atom is 0.0595 e. The maximum absolute atomic E-state index is 9.23. The molecule has 2 saturated carbocycles. The zero-order valence-corrected chi connectivity index (χ0v) is 5.33. The first-order chi connectivity index (χ1) is 4.27. The van der Waals surface area contributed by atoms with Gasteiger partial charge in [0.1, 0.15) is 0 Å². The Balaban J connectivity index is 2.13. The van der Waals surface area contributed by atoms with Crippen molar-refractivity contribution in [1.82, 2.24) is 0 Å². The first-order valence-electron chi connectivity index (χ1n) is 3.63. The minimum atomic E-state index is -0.196. The van der Waals surface area contributed by atoms with Gasteiger partial charge in [0.2, 0.25) is 0 Å². The van der Waals surface area contributed by atoms with Crippen molar-refractivity contribution in [3.05, 3.63) is 0 Å². The van der Waals surface area contributed by atoms with Crippen LogP contribution in [0.3, 0.4) is 0 Å². The highest BCUT2D eigenvalue weighted by Crippen LogP contribution is 2.44. The summed E-state index contributed by atoms with van der Waals surface area (Å²) in [6.45, 7) is 0. The minimum absolute atomic E-state index is 0.196. The summed E-state index contributed by atoms with van der Waals surface area (Å²) in [4.78, 5) is 0. The van der Waals surface area contributed by atoms with E-state index in [1.165, 1.54) is 0 Å². The van der Waals surface area contributed by atoms with Crippen molar-refractivity contribution in [1.29, 1.82) is 0 Å². The lowest BCUT2D eigenvalue weighted by atomic mass is 9.95. The molecule has 0 amide bonds. The van der Waals surface area contributed by atoms with Crippen LogP contribution in [0.1, 0.15) is 19.3 Å². The average Bonchev–Trinajstić information content (AvgIpc) is 2.22. The van der Waals surface area contributed by atoms with Crippen LogP contribution >= 0.6 is 0 Å². The highest BCUT2D eigenvalue weighted by Gasteiger charge is 2.44. The van der Waals surface area contributed by atoms with Crippen molar-refractivity contribution in [2.24, 2.45) is 11.8 Å². The standard InChI is InChI=1S/C7H12O2/c8-6-2-4-1-5(6)7(9)3-4/h4-9H,1-3H2. The Morgan fingerprint density at radius 3 is 1.67 bits per heavy atom. The lowest BCUT2D eigenvalue weighted by molar-refractivity contribution is 0.0202. The van der Waals surface area contributed by atoms with Gasteiger partial charge in [-0.1, -0.05) is 0 Å². The number of aliphatic hydroxyl groups excluding tert-OH is 2. The highest BCUT2D eigenvalue weighted by atomic mass is 16.3. The third-order valence-electron chi connectivity index (χ3n) is 2.74. The van der Waals surface area contributed by atoms with Gasteiger partial charge >= 0.3 is 0 Å². The number of hydrogen-bond donors (Lipinski definition) is 2. The van der Waals surface area contributed by atoms with E-state index in [0.29, 0.717) is 5.92 Å². The molecule has 9 heavy (non-hydrogen) atoms. The van der Waals surface area contributed by atoms with Crippen molar-refractivity contribution in [3.63, 3.8) is 0 Å². The molecular formula is C7H12O2. The molecule has 2 nitrogen and oxygen atoms in total. The molecule has 2 aliphatic carbocycles. The van der Waals surface area contributed by atoms with Crippen LogP contribution in [0.15, 0.2) is 0 Å². The van der Waals surface area contributed by atoms with Crippen molar-refractivity contribution in [2.75, 3.05) is 0 Å². The van der Waals surface area contributed by atoms with Crippen LogP contribution in [0.2, 0.25) is 0 Å². The van der Waals surface area contributed by atoms with Crippen molar-refractivity contribution < 1.29 is 10.2 Å². The van der Waals surface area contributed by atoms with E-state index in [0.717, 1.165) is 19.3 Å². The van der Waals surface area contributed by atoms with E-state index < -0.39 is 0 Å². The second-order valence-electron chi connectivity index (χ2n) is 3.37. The summed E-state index contributed by atoms with van der Waals surface area (Å²) in [5, 5.41) is 18.5. The van der Waals surface area contributed by atoms with Crippen LogP contribution in [0.5, 0.6) is 0 Å². The molecule has 2 aliphatic rings. The van der Waals surface area contributed by atoms with E-state index in [-0.39, 0.29) is 18.1 Å². The summed E-state index contributed by atoms with van der Waals surface area (Å²) in [7, 11) is 0. The molecule has 2 rings (SSSR count). The normalized spacial score (nSPS) is 56.7. The van der Waals surface area contributed by atoms with Crippen LogP contribution in [0, 0.1) is 11.8 Å². The summed E-state index contributed by atoms with van der Waals surface area (Å²) in [5.41, 5.74) is 0. The number of fused-ring (bicyclic) bond motifs is 2. The average molecular weight is 128 g/mol. The topological polar surface area (TPSA) is 40.5 Å². The van der Waals surface area contributed by atoms with Crippen LogP contribution in [0.4, 0.5) is 0 Å². The van der Waals surface area contributed by atoms with Gasteiger partial charge in [-0.15, -0.1) is 0 Å². The predicted molar refractivity (Wildman–Crippen MR) is 32.8 cm³/mol. The largest absolute Gasteiger partial charge is 0.393 e. The molecule has 2 fully saturated rings. The summed E-state index contributed by atoms with van der Waals surface area (Å²) in [6, 6.07) is 0. The SMILES string of the molecule is OC1CC2CC(O)C1C2. The third kappa shape index (κ3) is 0.700. The molecule has 0 heterocycles. The first-order valence-corrected chi connectivity index (χ1v) is 3.63. The van der Waals surface area contributed by atoms with E-state index in [1.807, 2.05) is 0 Å².